The molecule has 0 aliphatic carbocycles. The van der Waals surface area contributed by atoms with E-state index < -0.39 is 56.3 Å². The number of halogens is 5. The number of carbonyl (C=O) groups excluding carboxylic acids is 2. The Morgan fingerprint density at radius 3 is 2.06 bits per heavy atom. The van der Waals surface area contributed by atoms with Gasteiger partial charge in [0.2, 0.25) is 0 Å². The van der Waals surface area contributed by atoms with E-state index in [2.05, 4.69) is 4.74 Å². The third-order valence-corrected chi connectivity index (χ3v) is 1.85. The summed E-state index contributed by atoms with van der Waals surface area (Å²) in [5.41, 5.74) is 0. The highest BCUT2D eigenvalue weighted by molar-refractivity contribution is 5.75. The van der Waals surface area contributed by atoms with Gasteiger partial charge in [0.05, 0.1) is 13.0 Å². The molecular weight excluding hydrogens is 267 g/mol. The Labute approximate surface area is 98.7 Å². The van der Waals surface area contributed by atoms with Crippen molar-refractivity contribution in [3.8, 4) is 0 Å². The van der Waals surface area contributed by atoms with Crippen molar-refractivity contribution < 1.29 is 41.4 Å². The molecule has 0 atom stereocenters. The minimum Gasteiger partial charge on any atom is -0.550 e. The van der Waals surface area contributed by atoms with Gasteiger partial charge in [0.1, 0.15) is 0 Å². The van der Waals surface area contributed by atoms with E-state index in [9.17, 15) is 36.6 Å². The molecule has 0 saturated heterocycles. The number of esters is 1. The van der Waals surface area contributed by atoms with Gasteiger partial charge in [0.25, 0.3) is 0 Å². The molecule has 0 aliphatic heterocycles. The second-order valence-electron chi connectivity index (χ2n) is 3.40. The van der Waals surface area contributed by atoms with E-state index in [1.165, 1.54) is 0 Å². The van der Waals surface area contributed by atoms with Crippen molar-refractivity contribution in [3.05, 3.63) is 0 Å². The van der Waals surface area contributed by atoms with E-state index >= 15 is 0 Å². The number of rotatable bonds is 7. The fraction of sp³-hybridized carbons (Fsp3) is 0.778. The van der Waals surface area contributed by atoms with Crippen LogP contribution in [0.5, 0.6) is 0 Å². The number of carboxylic acids is 1. The first-order valence-corrected chi connectivity index (χ1v) is 4.86. The van der Waals surface area contributed by atoms with Gasteiger partial charge in [-0.15, -0.1) is 0 Å². The van der Waals surface area contributed by atoms with Crippen LogP contribution in [0.25, 0.3) is 0 Å². The summed E-state index contributed by atoms with van der Waals surface area (Å²) in [6.45, 7) is -0.627. The van der Waals surface area contributed by atoms with Gasteiger partial charge >= 0.3 is 18.1 Å². The number of alkyl halides is 5. The summed E-state index contributed by atoms with van der Waals surface area (Å²) in [5.74, 6) is -7.31. The third kappa shape index (κ3) is 6.36. The van der Waals surface area contributed by atoms with Crippen LogP contribution in [0.15, 0.2) is 0 Å². The molecule has 0 aromatic heterocycles. The zero-order valence-electron chi connectivity index (χ0n) is 9.06. The lowest BCUT2D eigenvalue weighted by Gasteiger charge is -2.19. The predicted molar refractivity (Wildman–Crippen MR) is 45.4 cm³/mol. The summed E-state index contributed by atoms with van der Waals surface area (Å²) >= 11 is 0. The minimum absolute atomic E-state index is 0.516. The molecule has 0 aromatic carbocycles. The average Bonchev–Trinajstić information content (AvgIpc) is 2.19. The molecule has 0 aliphatic rings. The fourth-order valence-electron chi connectivity index (χ4n) is 0.898. The summed E-state index contributed by atoms with van der Waals surface area (Å²) in [4.78, 5) is 20.7. The van der Waals surface area contributed by atoms with Crippen molar-refractivity contribution in [1.29, 1.82) is 0 Å². The highest BCUT2D eigenvalue weighted by atomic mass is 19.4. The largest absolute Gasteiger partial charge is 0.550 e. The molecule has 9 heteroatoms. The molecule has 18 heavy (non-hydrogen) atoms. The van der Waals surface area contributed by atoms with E-state index in [1.807, 2.05) is 0 Å². The Hall–Kier alpha value is -1.41. The number of carboxylic acid groups (broad SMARTS) is 1. The molecule has 0 saturated carbocycles. The van der Waals surface area contributed by atoms with Crippen LogP contribution in [0, 0.1) is 0 Å². The van der Waals surface area contributed by atoms with Crippen LogP contribution in [0.1, 0.15) is 25.7 Å². The van der Waals surface area contributed by atoms with Gasteiger partial charge in [-0.1, -0.05) is 0 Å². The van der Waals surface area contributed by atoms with Crippen LogP contribution < -0.4 is 5.11 Å². The van der Waals surface area contributed by atoms with Crippen LogP contribution >= 0.6 is 0 Å². The van der Waals surface area contributed by atoms with E-state index in [-0.39, 0.29) is 0 Å². The molecule has 106 valence electrons. The Bertz CT molecular complexity index is 300. The Morgan fingerprint density at radius 2 is 1.61 bits per heavy atom. The highest BCUT2D eigenvalue weighted by Crippen LogP contribution is 2.38. The van der Waals surface area contributed by atoms with Gasteiger partial charge in [-0.3, -0.25) is 4.79 Å². The maximum Gasteiger partial charge on any atom is 0.453 e. The molecule has 0 unspecified atom stereocenters. The first-order chi connectivity index (χ1) is 8.06. The molecule has 0 bridgehead atoms. The van der Waals surface area contributed by atoms with Crippen molar-refractivity contribution in [2.24, 2.45) is 0 Å². The minimum atomic E-state index is -5.63. The van der Waals surface area contributed by atoms with Gasteiger partial charge in [-0.05, 0) is 12.8 Å². The number of hydrogen-bond donors (Lipinski definition) is 0. The van der Waals surface area contributed by atoms with Crippen molar-refractivity contribution in [1.82, 2.24) is 0 Å². The molecule has 0 aromatic rings. The summed E-state index contributed by atoms with van der Waals surface area (Å²) in [5, 5.41) is 9.93. The molecule has 0 rings (SSSR count). The molecule has 0 N–H and O–H groups in total. The zero-order chi connectivity index (χ0) is 14.4. The lowest BCUT2D eigenvalue weighted by Crippen LogP contribution is -2.36. The second kappa shape index (κ2) is 6.50. The topological polar surface area (TPSA) is 66.4 Å². The molecule has 4 nitrogen and oxygen atoms in total. The normalized spacial score (nSPS) is 12.3. The first kappa shape index (κ1) is 16.6. The quantitative estimate of drug-likeness (QED) is 0.396. The Kier molecular flexibility index (Phi) is 5.99. The van der Waals surface area contributed by atoms with Gasteiger partial charge in [-0.25, -0.2) is 0 Å². The highest BCUT2D eigenvalue weighted by Gasteiger charge is 2.56. The van der Waals surface area contributed by atoms with Crippen LogP contribution in [-0.2, 0) is 14.3 Å². The lowest BCUT2D eigenvalue weighted by molar-refractivity contribution is -0.305. The molecular formula is C9H10F5O4-. The third-order valence-electron chi connectivity index (χ3n) is 1.85. The van der Waals surface area contributed by atoms with E-state index in [1.54, 1.807) is 0 Å². The SMILES string of the molecule is O=C([O-])CCC(=O)OCCCC(F)(F)C(F)(F)F. The smallest absolute Gasteiger partial charge is 0.453 e. The van der Waals surface area contributed by atoms with Crippen molar-refractivity contribution in [2.45, 2.75) is 37.8 Å². The zero-order valence-corrected chi connectivity index (χ0v) is 9.06. The standard InChI is InChI=1S/C9H11F5O4/c10-8(11,9(12,13)14)4-1-5-18-7(17)3-2-6(15)16/h1-5H2,(H,15,16)/p-1. The molecule has 0 spiro atoms. The summed E-state index contributed by atoms with van der Waals surface area (Å²) in [7, 11) is 0. The van der Waals surface area contributed by atoms with E-state index in [4.69, 9.17) is 0 Å². The Morgan fingerprint density at radius 1 is 1.06 bits per heavy atom. The maximum atomic E-state index is 12.4. The number of carbonyl (C=O) groups is 2. The van der Waals surface area contributed by atoms with E-state index in [0.29, 0.717) is 0 Å². The average molecular weight is 277 g/mol. The van der Waals surface area contributed by atoms with Crippen LogP contribution in [0.3, 0.4) is 0 Å². The summed E-state index contributed by atoms with van der Waals surface area (Å²) in [6, 6.07) is 0. The molecule has 0 radical (unpaired) electrons. The fourth-order valence-corrected chi connectivity index (χ4v) is 0.898. The van der Waals surface area contributed by atoms with Gasteiger partial charge in [0.15, 0.2) is 0 Å². The molecule has 0 heterocycles. The first-order valence-electron chi connectivity index (χ1n) is 4.86. The van der Waals surface area contributed by atoms with Crippen molar-refractivity contribution >= 4 is 11.9 Å². The van der Waals surface area contributed by atoms with Gasteiger partial charge in [0, 0.05) is 12.4 Å². The number of aliphatic carboxylic acids is 1. The van der Waals surface area contributed by atoms with Crippen LogP contribution in [-0.4, -0.2) is 30.6 Å². The Balaban J connectivity index is 3.80. The van der Waals surface area contributed by atoms with Crippen molar-refractivity contribution in [2.75, 3.05) is 6.61 Å². The van der Waals surface area contributed by atoms with Crippen LogP contribution in [0.2, 0.25) is 0 Å². The predicted octanol–water partition coefficient (Wildman–Crippen LogP) is 1.04. The maximum absolute atomic E-state index is 12.4. The lowest BCUT2D eigenvalue weighted by atomic mass is 10.2. The van der Waals surface area contributed by atoms with E-state index in [0.717, 1.165) is 0 Å². The van der Waals surface area contributed by atoms with Gasteiger partial charge in [-0.2, -0.15) is 22.0 Å². The molecule has 0 fully saturated rings. The second-order valence-corrected chi connectivity index (χ2v) is 3.40. The summed E-state index contributed by atoms with van der Waals surface area (Å²) in [6.07, 6.45) is -8.92. The summed E-state index contributed by atoms with van der Waals surface area (Å²) < 4.78 is 64.1. The van der Waals surface area contributed by atoms with Crippen LogP contribution in [0.4, 0.5) is 22.0 Å². The number of ether oxygens (including phenoxy) is 1. The van der Waals surface area contributed by atoms with Crippen molar-refractivity contribution in [3.63, 3.8) is 0 Å². The monoisotopic (exact) mass is 277 g/mol. The number of hydrogen-bond acceptors (Lipinski definition) is 4. The molecule has 0 amide bonds. The van der Waals surface area contributed by atoms with Gasteiger partial charge < -0.3 is 14.6 Å².